The molecule has 2 aliphatic rings. The molecule has 1 saturated carbocycles. The van der Waals surface area contributed by atoms with Crippen LogP contribution in [0.25, 0.3) is 0 Å². The van der Waals surface area contributed by atoms with E-state index in [0.29, 0.717) is 5.75 Å². The van der Waals surface area contributed by atoms with Crippen LogP contribution in [0, 0.1) is 5.92 Å². The summed E-state index contributed by atoms with van der Waals surface area (Å²) in [5.41, 5.74) is 7.55. The first-order valence-electron chi connectivity index (χ1n) is 7.55. The molecule has 1 heterocycles. The smallest absolute Gasteiger partial charge is 0.120 e. The molecule has 1 aromatic carbocycles. The Kier molecular flexibility index (Phi) is 3.65. The Morgan fingerprint density at radius 2 is 1.95 bits per heavy atom. The first-order valence-corrected chi connectivity index (χ1v) is 7.55. The predicted molar refractivity (Wildman–Crippen MR) is 77.9 cm³/mol. The number of phenolic OH excluding ortho intramolecular Hbond substituents is 1. The summed E-state index contributed by atoms with van der Waals surface area (Å²) >= 11 is 0. The normalized spacial score (nSPS) is 25.2. The van der Waals surface area contributed by atoms with E-state index >= 15 is 0 Å². The lowest BCUT2D eigenvalue weighted by molar-refractivity contribution is 0.181. The molecule has 1 aliphatic heterocycles. The summed E-state index contributed by atoms with van der Waals surface area (Å²) in [6.07, 6.45) is 8.21. The molecule has 3 nitrogen and oxygen atoms in total. The second-order valence-electron chi connectivity index (χ2n) is 6.11. The first-order chi connectivity index (χ1) is 9.24. The molecule has 3 rings (SSSR count). The molecule has 2 fully saturated rings. The molecule has 1 saturated heterocycles. The van der Waals surface area contributed by atoms with Gasteiger partial charge >= 0.3 is 0 Å². The van der Waals surface area contributed by atoms with E-state index in [-0.39, 0.29) is 0 Å². The number of hydrogen-bond donors (Lipinski definition) is 2. The summed E-state index contributed by atoms with van der Waals surface area (Å²) in [6, 6.07) is 6.12. The molecule has 1 aliphatic carbocycles. The van der Waals surface area contributed by atoms with Crippen LogP contribution >= 0.6 is 0 Å². The largest absolute Gasteiger partial charge is 0.508 e. The molecule has 19 heavy (non-hydrogen) atoms. The van der Waals surface area contributed by atoms with Crippen LogP contribution in [0.1, 0.15) is 44.1 Å². The zero-order valence-electron chi connectivity index (χ0n) is 11.5. The quantitative estimate of drug-likeness (QED) is 0.648. The molecule has 0 radical (unpaired) electrons. The van der Waals surface area contributed by atoms with Gasteiger partial charge in [-0.3, -0.25) is 4.90 Å². The molecule has 0 bridgehead atoms. The maximum absolute atomic E-state index is 9.96. The Hall–Kier alpha value is -1.22. The lowest BCUT2D eigenvalue weighted by Crippen LogP contribution is -2.34. The van der Waals surface area contributed by atoms with Crippen molar-refractivity contribution >= 4 is 5.69 Å². The van der Waals surface area contributed by atoms with Gasteiger partial charge in [-0.2, -0.15) is 0 Å². The topological polar surface area (TPSA) is 49.5 Å². The Bertz CT molecular complexity index is 440. The van der Waals surface area contributed by atoms with Gasteiger partial charge in [0.25, 0.3) is 0 Å². The van der Waals surface area contributed by atoms with Crippen molar-refractivity contribution in [2.24, 2.45) is 5.92 Å². The van der Waals surface area contributed by atoms with Crippen LogP contribution in [-0.4, -0.2) is 22.6 Å². The van der Waals surface area contributed by atoms with Crippen molar-refractivity contribution in [3.63, 3.8) is 0 Å². The summed E-state index contributed by atoms with van der Waals surface area (Å²) in [5.74, 6) is 1.26. The van der Waals surface area contributed by atoms with Gasteiger partial charge in [0.15, 0.2) is 0 Å². The summed E-state index contributed by atoms with van der Waals surface area (Å²) in [5, 5.41) is 9.96. The van der Waals surface area contributed by atoms with Gasteiger partial charge in [-0.25, -0.2) is 0 Å². The molecule has 1 unspecified atom stereocenters. The van der Waals surface area contributed by atoms with Gasteiger partial charge in [-0.05, 0) is 56.3 Å². The van der Waals surface area contributed by atoms with Gasteiger partial charge in [0.05, 0.1) is 0 Å². The molecular formula is C16H24N2O. The molecular weight excluding hydrogens is 236 g/mol. The van der Waals surface area contributed by atoms with E-state index in [1.807, 2.05) is 6.07 Å². The van der Waals surface area contributed by atoms with Gasteiger partial charge in [0.1, 0.15) is 5.75 Å². The van der Waals surface area contributed by atoms with Crippen molar-refractivity contribution in [3.8, 4) is 5.75 Å². The van der Waals surface area contributed by atoms with Gasteiger partial charge in [-0.15, -0.1) is 0 Å². The van der Waals surface area contributed by atoms with E-state index < -0.39 is 0 Å². The van der Waals surface area contributed by atoms with E-state index in [2.05, 4.69) is 4.90 Å². The van der Waals surface area contributed by atoms with E-state index in [4.69, 9.17) is 5.73 Å². The van der Waals surface area contributed by atoms with Gasteiger partial charge in [-0.1, -0.05) is 12.8 Å². The molecule has 104 valence electrons. The molecule has 1 aromatic rings. The Morgan fingerprint density at radius 1 is 1.16 bits per heavy atom. The number of benzene rings is 1. The van der Waals surface area contributed by atoms with Gasteiger partial charge < -0.3 is 10.8 Å². The maximum Gasteiger partial charge on any atom is 0.120 e. The summed E-state index contributed by atoms with van der Waals surface area (Å²) in [7, 11) is 0. The predicted octanol–water partition coefficient (Wildman–Crippen LogP) is 3.13. The Morgan fingerprint density at radius 3 is 2.74 bits per heavy atom. The van der Waals surface area contributed by atoms with Crippen LogP contribution in [0.3, 0.4) is 0 Å². The van der Waals surface area contributed by atoms with Crippen LogP contribution in [0.5, 0.6) is 5.75 Å². The maximum atomic E-state index is 9.96. The zero-order valence-corrected chi connectivity index (χ0v) is 11.5. The summed E-state index contributed by atoms with van der Waals surface area (Å²) < 4.78 is 0. The third kappa shape index (κ3) is 2.71. The summed E-state index contributed by atoms with van der Waals surface area (Å²) in [4.78, 5) is 2.56. The van der Waals surface area contributed by atoms with Crippen molar-refractivity contribution < 1.29 is 5.11 Å². The SMILES string of the molecule is Nc1ccc(O)c(CN2CCCC2C2CCCC2)c1. The third-order valence-corrected chi connectivity index (χ3v) is 4.84. The number of nitrogen functional groups attached to an aromatic ring is 1. The molecule has 0 aromatic heterocycles. The highest BCUT2D eigenvalue weighted by atomic mass is 16.3. The Balaban J connectivity index is 1.72. The van der Waals surface area contributed by atoms with Crippen molar-refractivity contribution in [2.45, 2.75) is 51.1 Å². The van der Waals surface area contributed by atoms with Gasteiger partial charge in [0, 0.05) is 23.8 Å². The number of phenols is 1. The lowest BCUT2D eigenvalue weighted by atomic mass is 9.95. The molecule has 0 spiro atoms. The highest BCUT2D eigenvalue weighted by Crippen LogP contribution is 2.36. The molecule has 3 N–H and O–H groups in total. The van der Waals surface area contributed by atoms with Crippen molar-refractivity contribution in [1.82, 2.24) is 4.90 Å². The van der Waals surface area contributed by atoms with E-state index in [0.717, 1.165) is 36.3 Å². The first kappa shape index (κ1) is 12.8. The number of hydrogen-bond acceptors (Lipinski definition) is 3. The standard InChI is InChI=1S/C16H24N2O/c17-14-7-8-16(19)13(10-14)11-18-9-3-6-15(18)12-4-1-2-5-12/h7-8,10,12,15,19H,1-6,9,11,17H2. The average molecular weight is 260 g/mol. The van der Waals surface area contributed by atoms with Crippen molar-refractivity contribution in [3.05, 3.63) is 23.8 Å². The zero-order chi connectivity index (χ0) is 13.2. The van der Waals surface area contributed by atoms with Crippen LogP contribution in [0.15, 0.2) is 18.2 Å². The minimum Gasteiger partial charge on any atom is -0.508 e. The van der Waals surface area contributed by atoms with Gasteiger partial charge in [0.2, 0.25) is 0 Å². The Labute approximate surface area is 115 Å². The second-order valence-corrected chi connectivity index (χ2v) is 6.11. The minimum absolute atomic E-state index is 0.381. The number of anilines is 1. The number of aromatic hydroxyl groups is 1. The number of rotatable bonds is 3. The van der Waals surface area contributed by atoms with E-state index in [9.17, 15) is 5.11 Å². The minimum atomic E-state index is 0.381. The van der Waals surface area contributed by atoms with Crippen molar-refractivity contribution in [1.29, 1.82) is 0 Å². The fourth-order valence-electron chi connectivity index (χ4n) is 3.88. The van der Waals surface area contributed by atoms with Crippen LogP contribution in [-0.2, 0) is 6.54 Å². The van der Waals surface area contributed by atoms with E-state index in [1.54, 1.807) is 12.1 Å². The molecule has 3 heteroatoms. The second kappa shape index (κ2) is 5.41. The van der Waals surface area contributed by atoms with Crippen LogP contribution in [0.4, 0.5) is 5.69 Å². The van der Waals surface area contributed by atoms with Crippen LogP contribution in [0.2, 0.25) is 0 Å². The van der Waals surface area contributed by atoms with Crippen molar-refractivity contribution in [2.75, 3.05) is 12.3 Å². The number of likely N-dealkylation sites (tertiary alicyclic amines) is 1. The number of nitrogens with two attached hydrogens (primary N) is 1. The third-order valence-electron chi connectivity index (χ3n) is 4.84. The monoisotopic (exact) mass is 260 g/mol. The highest BCUT2D eigenvalue weighted by Gasteiger charge is 2.33. The average Bonchev–Trinajstić information content (AvgIpc) is 3.03. The lowest BCUT2D eigenvalue weighted by Gasteiger charge is -2.29. The van der Waals surface area contributed by atoms with E-state index in [1.165, 1.54) is 38.5 Å². The summed E-state index contributed by atoms with van der Waals surface area (Å²) in [6.45, 7) is 2.01. The highest BCUT2D eigenvalue weighted by molar-refractivity contribution is 5.47. The fourth-order valence-corrected chi connectivity index (χ4v) is 3.88. The number of nitrogens with zero attached hydrogens (tertiary/aromatic N) is 1. The molecule has 1 atom stereocenters. The molecule has 0 amide bonds. The fraction of sp³-hybridized carbons (Fsp3) is 0.625. The van der Waals surface area contributed by atoms with Crippen LogP contribution < -0.4 is 5.73 Å².